The van der Waals surface area contributed by atoms with Crippen molar-refractivity contribution >= 4 is 28.6 Å². The quantitative estimate of drug-likeness (QED) is 0.0721. The second-order valence-corrected chi connectivity index (χ2v) is 23.3. The lowest BCUT2D eigenvalue weighted by molar-refractivity contribution is -0.206. The molecule has 0 amide bonds. The van der Waals surface area contributed by atoms with Crippen LogP contribution in [0.1, 0.15) is 151 Å². The van der Waals surface area contributed by atoms with Crippen LogP contribution in [0.25, 0.3) is 33.4 Å². The molecule has 362 valence electrons. The molecular weight excluding hydrogens is 852 g/mol. The fourth-order valence-corrected chi connectivity index (χ4v) is 15.8. The van der Waals surface area contributed by atoms with E-state index >= 15 is 0 Å². The van der Waals surface area contributed by atoms with Gasteiger partial charge in [-0.15, -0.1) is 0 Å². The van der Waals surface area contributed by atoms with E-state index in [1.54, 1.807) is 12.7 Å². The van der Waals surface area contributed by atoms with E-state index in [1.807, 2.05) is 18.2 Å². The molecule has 9 rings (SSSR count). The summed E-state index contributed by atoms with van der Waals surface area (Å²) in [6.45, 7) is 29.7. The molecule has 0 bridgehead atoms. The molecule has 2 aromatic rings. The molecule has 2 aromatic carbocycles. The third-order valence-corrected chi connectivity index (χ3v) is 19.8. The van der Waals surface area contributed by atoms with Crippen LogP contribution < -0.4 is 27.2 Å². The number of carbonyl (C=O) groups is 2. The Kier molecular flexibility index (Phi) is 13.0. The van der Waals surface area contributed by atoms with Gasteiger partial charge in [-0.3, -0.25) is 4.79 Å². The summed E-state index contributed by atoms with van der Waals surface area (Å²) in [6, 6.07) is 21.1. The smallest absolute Gasteiger partial charge is 0.339 e. The molecule has 6 aliphatic carbocycles. The number of fused-ring (bicyclic) bond motifs is 9. The molecule has 1 heterocycles. The van der Waals surface area contributed by atoms with E-state index in [4.69, 9.17) is 13.9 Å². The number of hydrogen-bond acceptors (Lipinski definition) is 6. The predicted molar refractivity (Wildman–Crippen MR) is 268 cm³/mol. The molecule has 1 aliphatic heterocycles. The Labute approximate surface area is 407 Å². The van der Waals surface area contributed by atoms with Gasteiger partial charge in [-0.25, -0.2) is 9.37 Å². The first kappa shape index (κ1) is 49.3. The largest absolute Gasteiger partial charge is 1.00 e. The maximum Gasteiger partial charge on any atom is 0.339 e. The number of nitrogens with zero attached hydrogens (tertiary/aromatic N) is 2. The van der Waals surface area contributed by atoms with Gasteiger partial charge in [0, 0.05) is 52.8 Å². The lowest BCUT2D eigenvalue weighted by Gasteiger charge is -2.71. The van der Waals surface area contributed by atoms with Crippen LogP contribution in [-0.2, 0) is 14.3 Å². The van der Waals surface area contributed by atoms with E-state index in [9.17, 15) is 9.59 Å². The minimum atomic E-state index is -0.401. The summed E-state index contributed by atoms with van der Waals surface area (Å²) < 4.78 is 21.7. The summed E-state index contributed by atoms with van der Waals surface area (Å²) >= 11 is 0. The first-order valence-electron chi connectivity index (χ1n) is 25.8. The summed E-state index contributed by atoms with van der Waals surface area (Å²) in [5.41, 5.74) is 6.72. The van der Waals surface area contributed by atoms with Gasteiger partial charge in [0.05, 0.1) is 24.2 Å². The van der Waals surface area contributed by atoms with Crippen molar-refractivity contribution in [1.29, 1.82) is 0 Å². The van der Waals surface area contributed by atoms with Crippen LogP contribution >= 0.6 is 0 Å². The standard InChI is InChI=1S/C59H79N2O5.ClH/c1-13-60(14-2)38-21-23-42-46(35-38)65-47-36-39(61(15-3)16-4)22-24-43(47)51(42)40-19-17-18-20-41(40)52(62)66-50-28-29-56(9)48(55(50,7)8)27-30-58(11)49(56)26-25-44-45-37-54(5,6)31-33-59(45,53(63)64-12)34-32-57(44,58)10;/h17-25,35-36,45,48-50H,13-16,26-34,37H2,1-12H3;1H/q+1;/p-1/t45-,48-,49+,50-,56-,57+,58+,59-;/m0./s1. The lowest BCUT2D eigenvalue weighted by Crippen LogP contribution is -3.00. The van der Waals surface area contributed by atoms with Gasteiger partial charge in [-0.1, -0.05) is 78.3 Å². The Balaban J connectivity index is 0.00000608. The van der Waals surface area contributed by atoms with Crippen molar-refractivity contribution in [1.82, 2.24) is 4.58 Å². The molecule has 0 spiro atoms. The Morgan fingerprint density at radius 2 is 1.51 bits per heavy atom. The number of anilines is 1. The summed E-state index contributed by atoms with van der Waals surface area (Å²) in [7, 11) is 1.60. The van der Waals surface area contributed by atoms with Crippen molar-refractivity contribution in [2.75, 3.05) is 38.2 Å². The third-order valence-electron chi connectivity index (χ3n) is 19.8. The normalized spacial score (nSPS) is 31.5. The maximum atomic E-state index is 15.0. The van der Waals surface area contributed by atoms with Crippen molar-refractivity contribution in [2.45, 2.75) is 146 Å². The number of benzene rings is 3. The monoisotopic (exact) mass is 931 g/mol. The summed E-state index contributed by atoms with van der Waals surface area (Å²) in [5.74, 6) is 1.71. The second-order valence-electron chi connectivity index (χ2n) is 23.3. The number of methoxy groups -OCH3 is 1. The van der Waals surface area contributed by atoms with Crippen molar-refractivity contribution in [3.05, 3.63) is 83.2 Å². The minimum absolute atomic E-state index is 0. The molecular formula is C59H79ClN2O5. The van der Waals surface area contributed by atoms with Crippen LogP contribution in [0.4, 0.5) is 5.69 Å². The first-order chi connectivity index (χ1) is 31.4. The Hall–Kier alpha value is -4.10. The average molecular weight is 932 g/mol. The number of allylic oxidation sites excluding steroid dienone is 2. The molecule has 8 atom stereocenters. The number of hydrogen-bond donors (Lipinski definition) is 0. The molecule has 0 N–H and O–H groups in total. The summed E-state index contributed by atoms with van der Waals surface area (Å²) in [4.78, 5) is 31.1. The fourth-order valence-electron chi connectivity index (χ4n) is 15.8. The molecule has 7 aliphatic rings. The van der Waals surface area contributed by atoms with Gasteiger partial charge < -0.3 is 31.2 Å². The maximum absolute atomic E-state index is 15.0. The van der Waals surface area contributed by atoms with Crippen LogP contribution in [0.2, 0.25) is 0 Å². The van der Waals surface area contributed by atoms with E-state index in [1.165, 1.54) is 0 Å². The van der Waals surface area contributed by atoms with Gasteiger partial charge in [-0.05, 0) is 161 Å². The highest BCUT2D eigenvalue weighted by Gasteiger charge is 2.69. The van der Waals surface area contributed by atoms with Crippen molar-refractivity contribution < 1.29 is 35.9 Å². The van der Waals surface area contributed by atoms with Gasteiger partial charge in [0.2, 0.25) is 5.36 Å². The molecule has 7 nitrogen and oxygen atoms in total. The van der Waals surface area contributed by atoms with Gasteiger partial charge >= 0.3 is 11.9 Å². The Morgan fingerprint density at radius 3 is 2.21 bits per heavy atom. The van der Waals surface area contributed by atoms with Crippen LogP contribution in [0.3, 0.4) is 0 Å². The third kappa shape index (κ3) is 7.52. The zero-order chi connectivity index (χ0) is 47.2. The molecule has 0 aromatic heterocycles. The van der Waals surface area contributed by atoms with Crippen molar-refractivity contribution in [3.63, 3.8) is 0 Å². The predicted octanol–water partition coefficient (Wildman–Crippen LogP) is 10.4. The Bertz CT molecular complexity index is 2610. The molecule has 8 heteroatoms. The topological polar surface area (TPSA) is 72.0 Å². The zero-order valence-electron chi connectivity index (χ0n) is 42.9. The first-order valence-corrected chi connectivity index (χ1v) is 25.8. The SMILES string of the molecule is CCN(CC)c1ccc2c(-c3ccccc3C(=O)O[C@H]3CC[C@]4(C)[C@H]5CC=C6[C@@H]7CC(C)(C)CC[C@]7(C(=O)OC)CC[C@@]6(C)[C@]5(C)CC[C@H]4C3(C)C)c3ccc(=[N+](CC)CC)cc-3oc2c1.[Cl-]. The molecule has 0 unspecified atom stereocenters. The number of carbonyl (C=O) groups excluding carboxylic acids is 2. The number of ether oxygens (including phenoxy) is 2. The highest BCUT2D eigenvalue weighted by atomic mass is 35.5. The summed E-state index contributed by atoms with van der Waals surface area (Å²) in [6.07, 6.45) is 12.6. The molecule has 0 saturated heterocycles. The van der Waals surface area contributed by atoms with E-state index < -0.39 is 5.41 Å². The van der Waals surface area contributed by atoms with Crippen molar-refractivity contribution in [3.8, 4) is 22.5 Å². The van der Waals surface area contributed by atoms with Crippen LogP contribution in [0.5, 0.6) is 0 Å². The van der Waals surface area contributed by atoms with Gasteiger partial charge in [-0.2, -0.15) is 0 Å². The molecule has 67 heavy (non-hydrogen) atoms. The fraction of sp³-hybridized carbons (Fsp3) is 0.610. The minimum Gasteiger partial charge on any atom is -1.00 e. The molecule has 4 saturated carbocycles. The number of rotatable bonds is 9. The molecule has 4 fully saturated rings. The van der Waals surface area contributed by atoms with Crippen LogP contribution in [0, 0.1) is 50.2 Å². The second kappa shape index (κ2) is 17.7. The number of esters is 2. The van der Waals surface area contributed by atoms with Crippen molar-refractivity contribution in [2.24, 2.45) is 50.2 Å². The molecule has 0 radical (unpaired) electrons. The van der Waals surface area contributed by atoms with E-state index in [2.05, 4.69) is 134 Å². The van der Waals surface area contributed by atoms with Gasteiger partial charge in [0.15, 0.2) is 0 Å². The zero-order valence-corrected chi connectivity index (χ0v) is 43.6. The van der Waals surface area contributed by atoms with E-state index in [-0.39, 0.29) is 63.4 Å². The van der Waals surface area contributed by atoms with E-state index in [0.29, 0.717) is 17.4 Å². The van der Waals surface area contributed by atoms with Crippen LogP contribution in [-0.4, -0.2) is 51.3 Å². The van der Waals surface area contributed by atoms with Crippen LogP contribution in [0.15, 0.2) is 76.7 Å². The van der Waals surface area contributed by atoms with E-state index in [0.717, 1.165) is 135 Å². The highest BCUT2D eigenvalue weighted by Crippen LogP contribution is 2.76. The van der Waals surface area contributed by atoms with Gasteiger partial charge in [0.25, 0.3) is 0 Å². The van der Waals surface area contributed by atoms with Gasteiger partial charge in [0.1, 0.15) is 30.5 Å². The number of halogens is 1. The summed E-state index contributed by atoms with van der Waals surface area (Å²) in [5, 5.41) is 2.10. The lowest BCUT2D eigenvalue weighted by atomic mass is 9.33. The Morgan fingerprint density at radius 1 is 0.791 bits per heavy atom. The highest BCUT2D eigenvalue weighted by molar-refractivity contribution is 6.08. The average Bonchev–Trinajstić information content (AvgIpc) is 3.29.